The summed E-state index contributed by atoms with van der Waals surface area (Å²) in [5, 5.41) is 3.56. The van der Waals surface area contributed by atoms with Crippen molar-refractivity contribution in [1.82, 2.24) is 10.2 Å². The van der Waals surface area contributed by atoms with Crippen LogP contribution in [-0.2, 0) is 6.54 Å². The molecule has 1 aliphatic heterocycles. The molecule has 1 N–H and O–H groups in total. The zero-order valence-corrected chi connectivity index (χ0v) is 14.8. The van der Waals surface area contributed by atoms with Gasteiger partial charge in [-0.2, -0.15) is 0 Å². The zero-order chi connectivity index (χ0) is 15.1. The van der Waals surface area contributed by atoms with Crippen LogP contribution in [0.25, 0.3) is 0 Å². The second-order valence-electron chi connectivity index (χ2n) is 5.90. The lowest BCUT2D eigenvalue weighted by Crippen LogP contribution is -2.39. The summed E-state index contributed by atoms with van der Waals surface area (Å²) in [7, 11) is 1.75. The van der Waals surface area contributed by atoms with Gasteiger partial charge in [0, 0.05) is 23.1 Å². The van der Waals surface area contributed by atoms with Crippen LogP contribution >= 0.6 is 15.9 Å². The molecule has 118 valence electrons. The molecule has 1 aliphatic rings. The van der Waals surface area contributed by atoms with Gasteiger partial charge >= 0.3 is 0 Å². The molecule has 0 amide bonds. The van der Waals surface area contributed by atoms with Crippen molar-refractivity contribution in [3.05, 3.63) is 28.2 Å². The van der Waals surface area contributed by atoms with Gasteiger partial charge in [-0.25, -0.2) is 0 Å². The molecule has 1 atom stereocenters. The lowest BCUT2D eigenvalue weighted by molar-refractivity contribution is 0.164. The third kappa shape index (κ3) is 5.28. The molecule has 0 aromatic heterocycles. The highest BCUT2D eigenvalue weighted by atomic mass is 79.9. The van der Waals surface area contributed by atoms with Gasteiger partial charge in [-0.3, -0.25) is 4.90 Å². The number of nitrogens with zero attached hydrogens (tertiary/aromatic N) is 1. The van der Waals surface area contributed by atoms with Gasteiger partial charge in [-0.1, -0.05) is 22.9 Å². The molecule has 1 fully saturated rings. The van der Waals surface area contributed by atoms with Crippen LogP contribution in [0.1, 0.15) is 31.7 Å². The Kier molecular flexibility index (Phi) is 7.00. The first-order valence-electron chi connectivity index (χ1n) is 7.98. The number of piperidine rings is 1. The molecule has 1 saturated heterocycles. The van der Waals surface area contributed by atoms with Crippen molar-refractivity contribution >= 4 is 15.9 Å². The summed E-state index contributed by atoms with van der Waals surface area (Å²) >= 11 is 3.56. The largest absolute Gasteiger partial charge is 0.496 e. The van der Waals surface area contributed by atoms with E-state index in [1.54, 1.807) is 7.11 Å². The number of hydrogen-bond acceptors (Lipinski definition) is 3. The van der Waals surface area contributed by atoms with Gasteiger partial charge in [0.2, 0.25) is 0 Å². The zero-order valence-electron chi connectivity index (χ0n) is 13.2. The number of benzene rings is 1. The maximum atomic E-state index is 5.49. The van der Waals surface area contributed by atoms with Crippen molar-refractivity contribution < 1.29 is 4.74 Å². The van der Waals surface area contributed by atoms with E-state index in [4.69, 9.17) is 4.74 Å². The standard InChI is InChI=1S/C17H27BrN2O/c1-3-8-19-11-14-5-4-9-20(12-14)13-15-10-16(18)6-7-17(15)21-2/h6-7,10,14,19H,3-5,8-9,11-13H2,1-2H3. The average molecular weight is 355 g/mol. The summed E-state index contributed by atoms with van der Waals surface area (Å²) in [4.78, 5) is 2.56. The van der Waals surface area contributed by atoms with Gasteiger partial charge in [0.25, 0.3) is 0 Å². The molecule has 0 bridgehead atoms. The smallest absolute Gasteiger partial charge is 0.123 e. The Balaban J connectivity index is 1.91. The number of methoxy groups -OCH3 is 1. The fourth-order valence-corrected chi connectivity index (χ4v) is 3.46. The molecular formula is C17H27BrN2O. The minimum atomic E-state index is 0.781. The monoisotopic (exact) mass is 354 g/mol. The van der Waals surface area contributed by atoms with E-state index in [0.717, 1.165) is 35.8 Å². The summed E-state index contributed by atoms with van der Waals surface area (Å²) < 4.78 is 6.61. The summed E-state index contributed by atoms with van der Waals surface area (Å²) in [5.74, 6) is 1.77. The highest BCUT2D eigenvalue weighted by molar-refractivity contribution is 9.10. The number of nitrogens with one attached hydrogen (secondary N) is 1. The molecule has 1 aromatic rings. The van der Waals surface area contributed by atoms with E-state index in [1.165, 1.54) is 37.9 Å². The second kappa shape index (κ2) is 8.76. The Morgan fingerprint density at radius 2 is 2.29 bits per heavy atom. The van der Waals surface area contributed by atoms with Gasteiger partial charge in [0.05, 0.1) is 7.11 Å². The van der Waals surface area contributed by atoms with E-state index >= 15 is 0 Å². The van der Waals surface area contributed by atoms with E-state index < -0.39 is 0 Å². The topological polar surface area (TPSA) is 24.5 Å². The van der Waals surface area contributed by atoms with Crippen LogP contribution in [0.3, 0.4) is 0 Å². The van der Waals surface area contributed by atoms with Crippen molar-refractivity contribution in [2.45, 2.75) is 32.7 Å². The van der Waals surface area contributed by atoms with Gasteiger partial charge in [0.1, 0.15) is 5.75 Å². The fourth-order valence-electron chi connectivity index (χ4n) is 3.06. The molecule has 1 heterocycles. The molecule has 0 radical (unpaired) electrons. The molecule has 0 spiro atoms. The second-order valence-corrected chi connectivity index (χ2v) is 6.82. The van der Waals surface area contributed by atoms with Crippen LogP contribution < -0.4 is 10.1 Å². The van der Waals surface area contributed by atoms with Gasteiger partial charge in [-0.15, -0.1) is 0 Å². The van der Waals surface area contributed by atoms with Crippen LogP contribution in [0.15, 0.2) is 22.7 Å². The first-order chi connectivity index (χ1) is 10.2. The highest BCUT2D eigenvalue weighted by Crippen LogP contribution is 2.26. The summed E-state index contributed by atoms with van der Waals surface area (Å²) in [5.41, 5.74) is 1.27. The van der Waals surface area contributed by atoms with Crippen molar-refractivity contribution in [1.29, 1.82) is 0 Å². The SMILES string of the molecule is CCCNCC1CCCN(Cc2cc(Br)ccc2OC)C1. The minimum absolute atomic E-state index is 0.781. The molecule has 2 rings (SSSR count). The van der Waals surface area contributed by atoms with E-state index in [9.17, 15) is 0 Å². The van der Waals surface area contributed by atoms with E-state index in [0.29, 0.717) is 0 Å². The van der Waals surface area contributed by atoms with E-state index in [-0.39, 0.29) is 0 Å². The Labute approximate surface area is 137 Å². The van der Waals surface area contributed by atoms with Gasteiger partial charge in [0.15, 0.2) is 0 Å². The van der Waals surface area contributed by atoms with Gasteiger partial charge < -0.3 is 10.1 Å². The Morgan fingerprint density at radius 3 is 3.05 bits per heavy atom. The maximum absolute atomic E-state index is 5.49. The lowest BCUT2D eigenvalue weighted by Gasteiger charge is -2.33. The third-order valence-electron chi connectivity index (χ3n) is 4.10. The predicted octanol–water partition coefficient (Wildman–Crippen LogP) is 3.67. The summed E-state index contributed by atoms with van der Waals surface area (Å²) in [6.07, 6.45) is 3.86. The van der Waals surface area contributed by atoms with E-state index in [2.05, 4.69) is 39.1 Å². The molecule has 3 nitrogen and oxygen atoms in total. The van der Waals surface area contributed by atoms with Crippen molar-refractivity contribution in [3.63, 3.8) is 0 Å². The lowest BCUT2D eigenvalue weighted by atomic mass is 9.97. The first-order valence-corrected chi connectivity index (χ1v) is 8.77. The number of likely N-dealkylation sites (tertiary alicyclic amines) is 1. The molecule has 0 aliphatic carbocycles. The van der Waals surface area contributed by atoms with E-state index in [1.807, 2.05) is 12.1 Å². The minimum Gasteiger partial charge on any atom is -0.496 e. The van der Waals surface area contributed by atoms with Crippen molar-refractivity contribution in [2.75, 3.05) is 33.3 Å². The average Bonchev–Trinajstić information content (AvgIpc) is 2.48. The summed E-state index contributed by atoms with van der Waals surface area (Å²) in [6.45, 7) is 7.87. The molecule has 21 heavy (non-hydrogen) atoms. The molecular weight excluding hydrogens is 328 g/mol. The normalized spacial score (nSPS) is 19.7. The number of rotatable bonds is 7. The summed E-state index contributed by atoms with van der Waals surface area (Å²) in [6, 6.07) is 6.26. The number of halogens is 1. The van der Waals surface area contributed by atoms with Crippen LogP contribution in [0, 0.1) is 5.92 Å². The van der Waals surface area contributed by atoms with Crippen LogP contribution in [0.2, 0.25) is 0 Å². The van der Waals surface area contributed by atoms with Gasteiger partial charge in [-0.05, 0) is 63.0 Å². The van der Waals surface area contributed by atoms with Crippen LogP contribution in [0.5, 0.6) is 5.75 Å². The van der Waals surface area contributed by atoms with Crippen molar-refractivity contribution in [2.24, 2.45) is 5.92 Å². The predicted molar refractivity (Wildman–Crippen MR) is 91.9 cm³/mol. The highest BCUT2D eigenvalue weighted by Gasteiger charge is 2.20. The first kappa shape index (κ1) is 16.8. The fraction of sp³-hybridized carbons (Fsp3) is 0.647. The number of hydrogen-bond donors (Lipinski definition) is 1. The third-order valence-corrected chi connectivity index (χ3v) is 4.59. The molecule has 1 unspecified atom stereocenters. The Morgan fingerprint density at radius 1 is 1.43 bits per heavy atom. The Bertz CT molecular complexity index is 439. The van der Waals surface area contributed by atoms with Crippen molar-refractivity contribution in [3.8, 4) is 5.75 Å². The molecule has 4 heteroatoms. The molecule has 1 aromatic carbocycles. The Hall–Kier alpha value is -0.580. The maximum Gasteiger partial charge on any atom is 0.123 e. The molecule has 0 saturated carbocycles. The quantitative estimate of drug-likeness (QED) is 0.756. The van der Waals surface area contributed by atoms with Crippen LogP contribution in [0.4, 0.5) is 0 Å². The van der Waals surface area contributed by atoms with Crippen LogP contribution in [-0.4, -0.2) is 38.2 Å². The number of ether oxygens (including phenoxy) is 1.